The van der Waals surface area contributed by atoms with Gasteiger partial charge in [0.05, 0.1) is 18.2 Å². The number of aliphatic carboxylic acids is 1. The molecule has 3 rings (SSSR count). The number of rotatable bonds is 11. The summed E-state index contributed by atoms with van der Waals surface area (Å²) in [5.41, 5.74) is 1.93. The Labute approximate surface area is 197 Å². The molecule has 3 N–H and O–H groups in total. The van der Waals surface area contributed by atoms with Crippen LogP contribution < -0.4 is 5.32 Å². The summed E-state index contributed by atoms with van der Waals surface area (Å²) in [7, 11) is 0. The van der Waals surface area contributed by atoms with Crippen LogP contribution in [0.3, 0.4) is 0 Å². The van der Waals surface area contributed by atoms with Crippen molar-refractivity contribution in [2.75, 3.05) is 13.2 Å². The minimum atomic E-state index is -1.17. The molecule has 1 heterocycles. The lowest BCUT2D eigenvalue weighted by atomic mass is 9.82. The van der Waals surface area contributed by atoms with Gasteiger partial charge in [0.1, 0.15) is 0 Å². The van der Waals surface area contributed by atoms with Crippen molar-refractivity contribution < 1.29 is 19.4 Å². The molecule has 0 saturated carbocycles. The number of ether oxygens (including phenoxy) is 1. The van der Waals surface area contributed by atoms with E-state index in [2.05, 4.69) is 20.7 Å². The Hall–Kier alpha value is -3.23. The van der Waals surface area contributed by atoms with Crippen LogP contribution in [0.4, 0.5) is 0 Å². The number of hydrogen-bond donors (Lipinski definition) is 3. The number of carbonyl (C=O) groups is 2. The van der Waals surface area contributed by atoms with Gasteiger partial charge < -0.3 is 15.2 Å². The van der Waals surface area contributed by atoms with Crippen molar-refractivity contribution in [3.05, 3.63) is 71.0 Å². The molecule has 0 fully saturated rings. The van der Waals surface area contributed by atoms with Crippen molar-refractivity contribution in [2.24, 2.45) is 5.41 Å². The molecule has 1 aromatic heterocycles. The lowest BCUT2D eigenvalue weighted by Crippen LogP contribution is -2.44. The van der Waals surface area contributed by atoms with Crippen LogP contribution >= 0.6 is 11.6 Å². The first kappa shape index (κ1) is 24.4. The second kappa shape index (κ2) is 11.1. The fourth-order valence-electron chi connectivity index (χ4n) is 3.61. The minimum Gasteiger partial charge on any atom is -0.481 e. The van der Waals surface area contributed by atoms with Crippen molar-refractivity contribution in [1.82, 2.24) is 20.7 Å². The van der Waals surface area contributed by atoms with Crippen LogP contribution in [0.25, 0.3) is 11.1 Å². The van der Waals surface area contributed by atoms with Crippen LogP contribution in [0.2, 0.25) is 5.02 Å². The molecule has 0 bridgehead atoms. The highest BCUT2D eigenvalue weighted by molar-refractivity contribution is 6.30. The Kier molecular flexibility index (Phi) is 8.19. The average Bonchev–Trinajstić information content (AvgIpc) is 3.33. The zero-order valence-corrected chi connectivity index (χ0v) is 19.3. The quantitative estimate of drug-likeness (QED) is 0.390. The van der Waals surface area contributed by atoms with Crippen LogP contribution in [0.15, 0.2) is 54.7 Å². The van der Waals surface area contributed by atoms with Crippen molar-refractivity contribution in [3.63, 3.8) is 0 Å². The zero-order valence-electron chi connectivity index (χ0n) is 18.5. The van der Waals surface area contributed by atoms with Crippen molar-refractivity contribution in [2.45, 2.75) is 32.7 Å². The summed E-state index contributed by atoms with van der Waals surface area (Å²) in [6.45, 7) is 3.89. The maximum atomic E-state index is 12.6. The van der Waals surface area contributed by atoms with Crippen molar-refractivity contribution in [3.8, 4) is 11.1 Å². The van der Waals surface area contributed by atoms with Gasteiger partial charge >= 0.3 is 5.97 Å². The highest BCUT2D eigenvalue weighted by Crippen LogP contribution is 2.27. The Balaban J connectivity index is 1.80. The second-order valence-corrected chi connectivity index (χ2v) is 8.58. The third-order valence-corrected chi connectivity index (χ3v) is 5.65. The van der Waals surface area contributed by atoms with Crippen LogP contribution in [0.1, 0.15) is 36.3 Å². The van der Waals surface area contributed by atoms with E-state index in [1.807, 2.05) is 55.5 Å². The first-order valence-corrected chi connectivity index (χ1v) is 11.0. The van der Waals surface area contributed by atoms with E-state index in [0.29, 0.717) is 18.1 Å². The smallest absolute Gasteiger partial charge is 0.311 e. The molecule has 0 radical (unpaired) electrons. The third kappa shape index (κ3) is 6.63. The van der Waals surface area contributed by atoms with Gasteiger partial charge in [-0.25, -0.2) is 0 Å². The highest BCUT2D eigenvalue weighted by Gasteiger charge is 2.37. The molecule has 174 valence electrons. The van der Waals surface area contributed by atoms with E-state index in [1.165, 1.54) is 6.20 Å². The van der Waals surface area contributed by atoms with Gasteiger partial charge in [-0.15, -0.1) is 0 Å². The van der Waals surface area contributed by atoms with Crippen molar-refractivity contribution in [1.29, 1.82) is 0 Å². The van der Waals surface area contributed by atoms with E-state index in [4.69, 9.17) is 16.3 Å². The molecule has 8 nitrogen and oxygen atoms in total. The number of aromatic amines is 1. The Morgan fingerprint density at radius 1 is 1.21 bits per heavy atom. The molecule has 3 aromatic rings. The van der Waals surface area contributed by atoms with E-state index >= 15 is 0 Å². The number of H-pyrrole nitrogens is 1. The number of amides is 1. The summed E-state index contributed by atoms with van der Waals surface area (Å²) in [5.74, 6) is -1.40. The standard InChI is InChI=1S/C24H27ClN4O4/c1-3-33-15-24(2,23(31)32)13-20(27-22(30)21-14-26-29-28-21)11-16-7-9-17(10-8-16)18-5-4-6-19(25)12-18/h4-10,12,14,20H,3,11,13,15H2,1-2H3,(H,27,30)(H,31,32)(H,26,28,29). The van der Waals surface area contributed by atoms with Gasteiger partial charge in [0, 0.05) is 17.7 Å². The molecule has 2 aromatic carbocycles. The summed E-state index contributed by atoms with van der Waals surface area (Å²) >= 11 is 6.10. The average molecular weight is 471 g/mol. The molecular weight excluding hydrogens is 444 g/mol. The lowest BCUT2D eigenvalue weighted by molar-refractivity contribution is -0.152. The number of carbonyl (C=O) groups excluding carboxylic acids is 1. The van der Waals surface area contributed by atoms with Crippen LogP contribution in [-0.2, 0) is 16.0 Å². The SMILES string of the molecule is CCOCC(C)(CC(Cc1ccc(-c2cccc(Cl)c2)cc1)NC(=O)c1cn[nH]n1)C(=O)O. The normalized spacial score (nSPS) is 13.8. The molecular formula is C24H27ClN4O4. The first-order chi connectivity index (χ1) is 15.8. The largest absolute Gasteiger partial charge is 0.481 e. The molecule has 2 atom stereocenters. The summed E-state index contributed by atoms with van der Waals surface area (Å²) in [5, 5.41) is 23.3. The maximum Gasteiger partial charge on any atom is 0.311 e. The van der Waals surface area contributed by atoms with Crippen LogP contribution in [0.5, 0.6) is 0 Å². The predicted octanol–water partition coefficient (Wildman–Crippen LogP) is 3.98. The minimum absolute atomic E-state index is 0.0445. The molecule has 0 aliphatic rings. The third-order valence-electron chi connectivity index (χ3n) is 5.41. The van der Waals surface area contributed by atoms with Gasteiger partial charge in [-0.3, -0.25) is 9.59 Å². The topological polar surface area (TPSA) is 117 Å². The van der Waals surface area contributed by atoms with Gasteiger partial charge in [0.15, 0.2) is 5.69 Å². The van der Waals surface area contributed by atoms with E-state index in [1.54, 1.807) is 6.92 Å². The van der Waals surface area contributed by atoms with Gasteiger partial charge in [0.25, 0.3) is 5.91 Å². The number of nitrogens with one attached hydrogen (secondary N) is 2. The molecule has 9 heteroatoms. The zero-order chi connectivity index (χ0) is 23.8. The summed E-state index contributed by atoms with van der Waals surface area (Å²) in [6, 6.07) is 15.0. The monoisotopic (exact) mass is 470 g/mol. The van der Waals surface area contributed by atoms with Gasteiger partial charge in [-0.2, -0.15) is 15.4 Å². The van der Waals surface area contributed by atoms with Gasteiger partial charge in [-0.05, 0) is 55.5 Å². The number of carboxylic acids is 1. The second-order valence-electron chi connectivity index (χ2n) is 8.14. The van der Waals surface area contributed by atoms with E-state index in [-0.39, 0.29) is 18.7 Å². The first-order valence-electron chi connectivity index (χ1n) is 10.6. The summed E-state index contributed by atoms with van der Waals surface area (Å²) in [6.07, 6.45) is 1.94. The maximum absolute atomic E-state index is 12.6. The molecule has 0 saturated heterocycles. The molecule has 33 heavy (non-hydrogen) atoms. The fraction of sp³-hybridized carbons (Fsp3) is 0.333. The number of benzene rings is 2. The van der Waals surface area contributed by atoms with Gasteiger partial charge in [-0.1, -0.05) is 48.0 Å². The lowest BCUT2D eigenvalue weighted by Gasteiger charge is -2.30. The molecule has 0 spiro atoms. The van der Waals surface area contributed by atoms with E-state index in [9.17, 15) is 14.7 Å². The number of nitrogens with zero attached hydrogens (tertiary/aromatic N) is 2. The van der Waals surface area contributed by atoms with Crippen molar-refractivity contribution >= 4 is 23.5 Å². The number of carboxylic acid groups (broad SMARTS) is 1. The van der Waals surface area contributed by atoms with E-state index < -0.39 is 23.3 Å². The highest BCUT2D eigenvalue weighted by atomic mass is 35.5. The fourth-order valence-corrected chi connectivity index (χ4v) is 3.80. The Morgan fingerprint density at radius 3 is 2.58 bits per heavy atom. The summed E-state index contributed by atoms with van der Waals surface area (Å²) in [4.78, 5) is 24.7. The number of halogens is 1. The number of hydrogen-bond acceptors (Lipinski definition) is 5. The van der Waals surface area contributed by atoms with Crippen LogP contribution in [0, 0.1) is 5.41 Å². The molecule has 1 amide bonds. The molecule has 2 unspecified atom stereocenters. The Bertz CT molecular complexity index is 1070. The predicted molar refractivity (Wildman–Crippen MR) is 125 cm³/mol. The molecule has 0 aliphatic carbocycles. The summed E-state index contributed by atoms with van der Waals surface area (Å²) < 4.78 is 5.43. The van der Waals surface area contributed by atoms with E-state index in [0.717, 1.165) is 16.7 Å². The number of aromatic nitrogens is 3. The Morgan fingerprint density at radius 2 is 1.97 bits per heavy atom. The molecule has 0 aliphatic heterocycles. The van der Waals surface area contributed by atoms with Crippen LogP contribution in [-0.4, -0.2) is 51.6 Å². The van der Waals surface area contributed by atoms with Gasteiger partial charge in [0.2, 0.25) is 0 Å².